The van der Waals surface area contributed by atoms with E-state index in [9.17, 15) is 0 Å². The molecule has 6 aromatic carbocycles. The molecule has 465 valence electrons. The first-order valence-corrected chi connectivity index (χ1v) is 32.6. The van der Waals surface area contributed by atoms with Crippen LogP contribution in [0.1, 0.15) is 211 Å². The van der Waals surface area contributed by atoms with Crippen molar-refractivity contribution >= 4 is 47.7 Å². The van der Waals surface area contributed by atoms with Gasteiger partial charge in [-0.3, -0.25) is 0 Å². The molecule has 0 fully saturated rings. The molecule has 1 radical (unpaired) electrons. The Morgan fingerprint density at radius 2 is 0.482 bits per heavy atom. The minimum atomic E-state index is -1.50. The van der Waals surface area contributed by atoms with Gasteiger partial charge in [-0.25, -0.2) is 0 Å². The van der Waals surface area contributed by atoms with Gasteiger partial charge in [-0.2, -0.15) is 0 Å². The topological polar surface area (TPSA) is 73.8 Å². The molecule has 0 N–H and O–H groups in total. The molecule has 0 aliphatic carbocycles. The maximum atomic E-state index is 6.98. The van der Waals surface area contributed by atoms with E-state index in [1.165, 1.54) is 21.2 Å². The zero-order valence-corrected chi connectivity index (χ0v) is 59.5. The molecule has 8 nitrogen and oxygen atoms in total. The van der Waals surface area contributed by atoms with Crippen LogP contribution < -0.4 is 69.7 Å². The van der Waals surface area contributed by atoms with Gasteiger partial charge in [0.1, 0.15) is 23.0 Å². The number of ether oxygens (including phenoxy) is 8. The van der Waals surface area contributed by atoms with E-state index < -0.39 is 15.8 Å². The Hall–Kier alpha value is -4.90. The van der Waals surface area contributed by atoms with Crippen LogP contribution in [0.4, 0.5) is 0 Å². The van der Waals surface area contributed by atoms with Crippen molar-refractivity contribution in [3.05, 3.63) is 117 Å². The van der Waals surface area contributed by atoms with E-state index in [0.717, 1.165) is 89.2 Å². The number of hydrogen-bond donors (Lipinski definition) is 0. The zero-order valence-electron chi connectivity index (χ0n) is 56.8. The summed E-state index contributed by atoms with van der Waals surface area (Å²) in [6.07, 6.45) is 0. The molecule has 0 amide bonds. The van der Waals surface area contributed by atoms with Crippen LogP contribution in [-0.4, -0.2) is 42.0 Å². The van der Waals surface area contributed by atoms with Gasteiger partial charge in [-0.05, 0) is 164 Å². The number of benzene rings is 6. The number of hydrogen-bond acceptors (Lipinski definition) is 8. The molecule has 0 saturated heterocycles. The van der Waals surface area contributed by atoms with Crippen LogP contribution in [0.2, 0.25) is 0 Å². The summed E-state index contributed by atoms with van der Waals surface area (Å²) in [6, 6.07) is 28.4. The molecule has 0 bridgehead atoms. The number of methoxy groups -OCH3 is 4. The van der Waals surface area contributed by atoms with Crippen LogP contribution in [0, 0.1) is 0 Å². The average Bonchev–Trinajstić information content (AvgIpc) is 1.72. The summed E-state index contributed by atoms with van der Waals surface area (Å²) in [5.74, 6) is 6.42. The molecule has 2 heterocycles. The van der Waals surface area contributed by atoms with E-state index >= 15 is 0 Å². The summed E-state index contributed by atoms with van der Waals surface area (Å²) in [5.41, 5.74) is 8.79. The van der Waals surface area contributed by atoms with Crippen LogP contribution in [0.25, 0.3) is 11.1 Å². The summed E-state index contributed by atoms with van der Waals surface area (Å²) in [6.45, 7) is 55.2. The first-order chi connectivity index (χ1) is 38.6. The minimum absolute atomic E-state index is 0. The summed E-state index contributed by atoms with van der Waals surface area (Å²) < 4.78 is 53.1. The fourth-order valence-corrected chi connectivity index (χ4v) is 17.0. The predicted octanol–water partition coefficient (Wildman–Crippen LogP) is 16.7. The van der Waals surface area contributed by atoms with Crippen molar-refractivity contribution in [1.82, 2.24) is 0 Å². The maximum Gasteiger partial charge on any atom is 0.231 e. The van der Waals surface area contributed by atoms with Gasteiger partial charge in [0, 0.05) is 72.7 Å². The molecular formula is C74H100CuO8P2. The molecule has 85 heavy (non-hydrogen) atoms. The van der Waals surface area contributed by atoms with Gasteiger partial charge in [0.15, 0.2) is 23.0 Å². The third-order valence-electron chi connectivity index (χ3n) is 16.4. The molecule has 0 aromatic heterocycles. The quantitative estimate of drug-likeness (QED) is 0.0938. The molecule has 0 saturated carbocycles. The van der Waals surface area contributed by atoms with Crippen molar-refractivity contribution < 1.29 is 55.0 Å². The van der Waals surface area contributed by atoms with Crippen LogP contribution in [0.5, 0.6) is 46.0 Å². The van der Waals surface area contributed by atoms with Crippen molar-refractivity contribution in [1.29, 1.82) is 0 Å². The first-order valence-electron chi connectivity index (χ1n) is 30.0. The summed E-state index contributed by atoms with van der Waals surface area (Å²) in [5, 5.41) is 6.98. The smallest absolute Gasteiger partial charge is 0.231 e. The van der Waals surface area contributed by atoms with Gasteiger partial charge in [0.2, 0.25) is 13.6 Å². The first kappa shape index (κ1) is 67.6. The second-order valence-electron chi connectivity index (χ2n) is 31.4. The Morgan fingerprint density at radius 1 is 0.294 bits per heavy atom. The fourth-order valence-electron chi connectivity index (χ4n) is 11.9. The molecule has 2 aliphatic rings. The van der Waals surface area contributed by atoms with Gasteiger partial charge in [-0.1, -0.05) is 166 Å². The maximum absolute atomic E-state index is 6.98. The normalized spacial score (nSPS) is 14.0. The monoisotopic (exact) mass is 1240 g/mol. The van der Waals surface area contributed by atoms with Gasteiger partial charge in [0.25, 0.3) is 0 Å². The SMILES string of the molecule is COc1c(C(C)(C)C)cc(P(c2cc(C(C)(C)C)c(OC)c(C(C)(C)C)c2)c2ccc3c(c2-c2c(P(c4cc(C(C)(C)C)c(OC)c(C(C)(C)C)c4)c4cc(C(C)(C)C)c(OC)c(C(C)(C)C)c4)ccc4c2OCO4)OCO3)cc1C(C)(C)C.[Cu]. The van der Waals surface area contributed by atoms with Crippen molar-refractivity contribution in [2.24, 2.45) is 0 Å². The number of rotatable bonds is 11. The minimum Gasteiger partial charge on any atom is -0.496 e. The molecule has 6 aromatic rings. The predicted molar refractivity (Wildman–Crippen MR) is 357 cm³/mol. The second kappa shape index (κ2) is 23.6. The Morgan fingerprint density at radius 3 is 0.647 bits per heavy atom. The Bertz CT molecular complexity index is 2950. The third kappa shape index (κ3) is 13.1. The Labute approximate surface area is 525 Å². The van der Waals surface area contributed by atoms with E-state index in [2.05, 4.69) is 239 Å². The molecule has 0 unspecified atom stereocenters. The molecule has 0 spiro atoms. The molecular weight excluding hydrogens is 1140 g/mol. The van der Waals surface area contributed by atoms with Crippen molar-refractivity contribution in [2.75, 3.05) is 42.0 Å². The van der Waals surface area contributed by atoms with Gasteiger partial charge >= 0.3 is 0 Å². The van der Waals surface area contributed by atoms with Gasteiger partial charge in [0.05, 0.1) is 28.4 Å². The largest absolute Gasteiger partial charge is 0.496 e. The van der Waals surface area contributed by atoms with Crippen LogP contribution in [0.15, 0.2) is 72.8 Å². The summed E-state index contributed by atoms with van der Waals surface area (Å²) in [7, 11) is 4.29. The van der Waals surface area contributed by atoms with E-state index in [-0.39, 0.29) is 74.0 Å². The van der Waals surface area contributed by atoms with Crippen LogP contribution >= 0.6 is 15.8 Å². The Kier molecular flexibility index (Phi) is 18.7. The van der Waals surface area contributed by atoms with Crippen molar-refractivity contribution in [3.8, 4) is 57.1 Å². The third-order valence-corrected chi connectivity index (χ3v) is 21.2. The van der Waals surface area contributed by atoms with E-state index in [0.29, 0.717) is 23.0 Å². The van der Waals surface area contributed by atoms with Gasteiger partial charge < -0.3 is 37.9 Å². The van der Waals surface area contributed by atoms with Crippen molar-refractivity contribution in [2.45, 2.75) is 209 Å². The molecule has 11 heteroatoms. The molecule has 2 aliphatic heterocycles. The average molecular weight is 1240 g/mol. The molecule has 0 atom stereocenters. The van der Waals surface area contributed by atoms with Gasteiger partial charge in [-0.15, -0.1) is 0 Å². The van der Waals surface area contributed by atoms with Crippen LogP contribution in [0.3, 0.4) is 0 Å². The Balaban J connectivity index is 0.0000104. The van der Waals surface area contributed by atoms with Crippen LogP contribution in [-0.2, 0) is 60.4 Å². The molecule has 8 rings (SSSR count). The van der Waals surface area contributed by atoms with Crippen molar-refractivity contribution in [3.63, 3.8) is 0 Å². The number of fused-ring (bicyclic) bond motifs is 2. The fraction of sp³-hybridized carbons (Fsp3) is 0.514. The zero-order chi connectivity index (χ0) is 62.6. The summed E-state index contributed by atoms with van der Waals surface area (Å²) in [4.78, 5) is 0. The summed E-state index contributed by atoms with van der Waals surface area (Å²) >= 11 is 0. The second-order valence-corrected chi connectivity index (χ2v) is 35.7. The standard InChI is InChI=1S/C74H100O8P2.Cu/c1-67(2,3)47-33-43(34-48(61(47)75-25)68(4,5)6)83(44-35-49(69(7,8)9)62(76-26)50(36-44)70(10,11)12)57-31-29-55-65(81-41-79-55)59(57)60-58(32-30-56-66(60)82-42-80-56)84(45-37-51(71(13,14)15)63(77-27)52(38-45)72(16,17)18)46-39-53(73(19,20)21)64(78-28)54(40-46)74(22,23)24;/h29-40H,41-42H2,1-28H3;. The van der Waals surface area contributed by atoms with E-state index in [1.807, 2.05) is 28.4 Å². The van der Waals surface area contributed by atoms with E-state index in [4.69, 9.17) is 37.9 Å². The van der Waals surface area contributed by atoms with E-state index in [1.54, 1.807) is 0 Å².